The van der Waals surface area contributed by atoms with Crippen LogP contribution in [-0.2, 0) is 17.1 Å². The van der Waals surface area contributed by atoms with E-state index in [2.05, 4.69) is 0 Å². The normalized spacial score (nSPS) is 20.8. The first-order chi connectivity index (χ1) is 14.9. The van der Waals surface area contributed by atoms with Gasteiger partial charge in [0.25, 0.3) is 0 Å². The summed E-state index contributed by atoms with van der Waals surface area (Å²) in [5.74, 6) is -0.420. The van der Waals surface area contributed by atoms with E-state index >= 15 is 0 Å². The Bertz CT molecular complexity index is 913. The molecule has 1 aliphatic heterocycles. The molecule has 1 N–H and O–H groups in total. The lowest BCUT2D eigenvalue weighted by molar-refractivity contribution is -0.143. The first-order valence-corrected chi connectivity index (χ1v) is 9.84. The molecule has 0 unspecified atom stereocenters. The van der Waals surface area contributed by atoms with Crippen molar-refractivity contribution >= 4 is 6.09 Å². The first kappa shape index (κ1) is 23.9. The maximum Gasteiger partial charge on any atom is 0.416 e. The summed E-state index contributed by atoms with van der Waals surface area (Å²) in [7, 11) is 0. The molecule has 2 aromatic rings. The van der Waals surface area contributed by atoms with E-state index in [4.69, 9.17) is 4.74 Å². The van der Waals surface area contributed by atoms with E-state index in [9.17, 15) is 36.2 Å². The maximum atomic E-state index is 13.2. The van der Waals surface area contributed by atoms with Gasteiger partial charge in [0.2, 0.25) is 0 Å². The third kappa shape index (κ3) is 5.53. The van der Waals surface area contributed by atoms with Gasteiger partial charge < -0.3 is 14.7 Å². The average Bonchev–Trinajstić information content (AvgIpc) is 2.73. The minimum Gasteiger partial charge on any atom is -0.465 e. The molecule has 1 saturated heterocycles. The molecule has 2 aromatic carbocycles. The van der Waals surface area contributed by atoms with Crippen molar-refractivity contribution in [2.75, 3.05) is 13.1 Å². The molecule has 1 amide bonds. The number of halogens is 6. The molecule has 0 spiro atoms. The van der Waals surface area contributed by atoms with Gasteiger partial charge in [-0.15, -0.1) is 0 Å². The fraction of sp³-hybridized carbons (Fsp3) is 0.409. The number of carbonyl (C=O) groups is 1. The number of amides is 1. The molecule has 0 radical (unpaired) electrons. The summed E-state index contributed by atoms with van der Waals surface area (Å²) in [6, 6.07) is 10.3. The molecule has 1 fully saturated rings. The van der Waals surface area contributed by atoms with Crippen LogP contribution in [-0.4, -0.2) is 35.3 Å². The van der Waals surface area contributed by atoms with Crippen LogP contribution in [0.4, 0.5) is 31.1 Å². The van der Waals surface area contributed by atoms with Crippen molar-refractivity contribution in [3.05, 3.63) is 70.8 Å². The summed E-state index contributed by atoms with van der Waals surface area (Å²) < 4.78 is 85.1. The topological polar surface area (TPSA) is 49.8 Å². The fourth-order valence-electron chi connectivity index (χ4n) is 3.84. The Morgan fingerprint density at radius 3 is 2.09 bits per heavy atom. The Balaban J connectivity index is 1.90. The highest BCUT2D eigenvalue weighted by atomic mass is 19.4. The summed E-state index contributed by atoms with van der Waals surface area (Å²) >= 11 is 0. The number of nitrogens with zero attached hydrogens (tertiary/aromatic N) is 1. The second-order valence-electron chi connectivity index (χ2n) is 7.69. The number of alkyl halides is 6. The van der Waals surface area contributed by atoms with Crippen molar-refractivity contribution in [1.82, 2.24) is 4.90 Å². The minimum absolute atomic E-state index is 0.0777. The number of hydrogen-bond donors (Lipinski definition) is 1. The number of piperidine rings is 1. The largest absolute Gasteiger partial charge is 0.465 e. The molecule has 174 valence electrons. The molecule has 0 aliphatic carbocycles. The lowest BCUT2D eigenvalue weighted by Crippen LogP contribution is -2.45. The van der Waals surface area contributed by atoms with E-state index in [1.165, 1.54) is 11.8 Å². The zero-order chi connectivity index (χ0) is 23.7. The molecule has 1 aliphatic rings. The van der Waals surface area contributed by atoms with Crippen LogP contribution in [0.3, 0.4) is 0 Å². The van der Waals surface area contributed by atoms with Gasteiger partial charge in [-0.2, -0.15) is 26.3 Å². The van der Waals surface area contributed by atoms with Crippen LogP contribution in [0, 0.1) is 0 Å². The molecular weight excluding hydrogens is 440 g/mol. The van der Waals surface area contributed by atoms with Crippen molar-refractivity contribution in [2.45, 2.75) is 43.8 Å². The quantitative estimate of drug-likeness (QED) is 0.541. The summed E-state index contributed by atoms with van der Waals surface area (Å²) in [4.78, 5) is 12.6. The molecule has 0 aromatic heterocycles. The van der Waals surface area contributed by atoms with Crippen LogP contribution in [0.15, 0.2) is 48.5 Å². The van der Waals surface area contributed by atoms with Crippen molar-refractivity contribution in [3.63, 3.8) is 0 Å². The first-order valence-electron chi connectivity index (χ1n) is 9.84. The van der Waals surface area contributed by atoms with Gasteiger partial charge in [0.05, 0.1) is 23.3 Å². The van der Waals surface area contributed by atoms with E-state index in [0.717, 1.165) is 5.56 Å². The minimum atomic E-state index is -4.95. The number of carboxylic acid groups (broad SMARTS) is 1. The van der Waals surface area contributed by atoms with Crippen LogP contribution in [0.5, 0.6) is 0 Å². The average molecular weight is 461 g/mol. The second-order valence-corrected chi connectivity index (χ2v) is 7.69. The predicted octanol–water partition coefficient (Wildman–Crippen LogP) is 6.34. The Morgan fingerprint density at radius 2 is 1.59 bits per heavy atom. The second kappa shape index (κ2) is 9.01. The SMILES string of the molecule is C[C@@H](O[C@H]1CCN(C(=O)O)C[C@H]1c1ccccc1)c1cc(C(F)(F)F)cc(C(F)(F)F)c1. The molecule has 32 heavy (non-hydrogen) atoms. The number of rotatable bonds is 4. The van der Waals surface area contributed by atoms with Gasteiger partial charge in [0, 0.05) is 19.0 Å². The van der Waals surface area contributed by atoms with Gasteiger partial charge >= 0.3 is 18.4 Å². The number of likely N-dealkylation sites (tertiary alicyclic amines) is 1. The molecule has 0 bridgehead atoms. The summed E-state index contributed by atoms with van der Waals surface area (Å²) in [5, 5.41) is 9.33. The monoisotopic (exact) mass is 461 g/mol. The number of ether oxygens (including phenoxy) is 1. The molecular formula is C22H21F6NO3. The van der Waals surface area contributed by atoms with Crippen LogP contribution >= 0.6 is 0 Å². The van der Waals surface area contributed by atoms with Crippen LogP contribution in [0.25, 0.3) is 0 Å². The molecule has 0 saturated carbocycles. The highest BCUT2D eigenvalue weighted by molar-refractivity contribution is 5.65. The number of benzene rings is 2. The van der Waals surface area contributed by atoms with Gasteiger partial charge in [0.15, 0.2) is 0 Å². The van der Waals surface area contributed by atoms with E-state index in [1.54, 1.807) is 30.3 Å². The Kier molecular flexibility index (Phi) is 6.73. The molecule has 3 rings (SSSR count). The third-order valence-corrected chi connectivity index (χ3v) is 5.51. The Morgan fingerprint density at radius 1 is 1.03 bits per heavy atom. The van der Waals surface area contributed by atoms with Crippen molar-refractivity contribution < 1.29 is 41.0 Å². The maximum absolute atomic E-state index is 13.2. The standard InChI is InChI=1S/C22H21F6NO3/c1-13(15-9-16(21(23,24)25)11-17(10-15)22(26,27)28)32-19-7-8-29(20(30)31)12-18(19)14-5-3-2-4-6-14/h2-6,9-11,13,18-19H,7-8,12H2,1H3,(H,30,31)/t13-,18+,19+/m1/s1. The van der Waals surface area contributed by atoms with Gasteiger partial charge in [-0.25, -0.2) is 4.79 Å². The van der Waals surface area contributed by atoms with Crippen LogP contribution < -0.4 is 0 Å². The van der Waals surface area contributed by atoms with E-state index in [-0.39, 0.29) is 31.1 Å². The van der Waals surface area contributed by atoms with Gasteiger partial charge in [-0.1, -0.05) is 30.3 Å². The van der Waals surface area contributed by atoms with Crippen molar-refractivity contribution in [1.29, 1.82) is 0 Å². The summed E-state index contributed by atoms with van der Waals surface area (Å²) in [6.45, 7) is 1.64. The molecule has 10 heteroatoms. The van der Waals surface area contributed by atoms with Gasteiger partial charge in [0.1, 0.15) is 0 Å². The van der Waals surface area contributed by atoms with E-state index in [0.29, 0.717) is 12.1 Å². The molecule has 4 nitrogen and oxygen atoms in total. The number of hydrogen-bond acceptors (Lipinski definition) is 2. The Labute approximate surface area is 180 Å². The van der Waals surface area contributed by atoms with E-state index in [1.807, 2.05) is 0 Å². The zero-order valence-corrected chi connectivity index (χ0v) is 17.0. The predicted molar refractivity (Wildman–Crippen MR) is 103 cm³/mol. The highest BCUT2D eigenvalue weighted by Crippen LogP contribution is 2.39. The molecule has 1 heterocycles. The van der Waals surface area contributed by atoms with Crippen LogP contribution in [0.2, 0.25) is 0 Å². The third-order valence-electron chi connectivity index (χ3n) is 5.51. The zero-order valence-electron chi connectivity index (χ0n) is 17.0. The van der Waals surface area contributed by atoms with Gasteiger partial charge in [-0.05, 0) is 42.7 Å². The fourth-order valence-corrected chi connectivity index (χ4v) is 3.84. The summed E-state index contributed by atoms with van der Waals surface area (Å²) in [6.07, 6.45) is -12.4. The Hall–Kier alpha value is -2.75. The summed E-state index contributed by atoms with van der Waals surface area (Å²) in [5.41, 5.74) is -2.29. The smallest absolute Gasteiger partial charge is 0.416 e. The van der Waals surface area contributed by atoms with Crippen molar-refractivity contribution in [2.24, 2.45) is 0 Å². The lowest BCUT2D eigenvalue weighted by Gasteiger charge is -2.38. The van der Waals surface area contributed by atoms with Gasteiger partial charge in [-0.3, -0.25) is 0 Å². The molecule has 3 atom stereocenters. The van der Waals surface area contributed by atoms with Crippen LogP contribution in [0.1, 0.15) is 47.6 Å². The highest BCUT2D eigenvalue weighted by Gasteiger charge is 2.38. The van der Waals surface area contributed by atoms with E-state index < -0.39 is 47.7 Å². The lowest BCUT2D eigenvalue weighted by atomic mass is 9.87. The van der Waals surface area contributed by atoms with Crippen molar-refractivity contribution in [3.8, 4) is 0 Å².